The lowest BCUT2D eigenvalue weighted by molar-refractivity contribution is 0.329. The van der Waals surface area contributed by atoms with Crippen LogP contribution in [0.4, 0.5) is 0 Å². The Hall–Kier alpha value is -2.97. The lowest BCUT2D eigenvalue weighted by Crippen LogP contribution is -2.29. The summed E-state index contributed by atoms with van der Waals surface area (Å²) in [5.41, 5.74) is 2.40. The molecule has 26 heavy (non-hydrogen) atoms. The zero-order valence-electron chi connectivity index (χ0n) is 14.4. The summed E-state index contributed by atoms with van der Waals surface area (Å²) in [5, 5.41) is 0.671. The van der Waals surface area contributed by atoms with Gasteiger partial charge in [0.1, 0.15) is 11.5 Å². The summed E-state index contributed by atoms with van der Waals surface area (Å²) in [6.45, 7) is 3.78. The van der Waals surface area contributed by atoms with Crippen LogP contribution in [0.2, 0.25) is 0 Å². The summed E-state index contributed by atoms with van der Waals surface area (Å²) in [6, 6.07) is 11.3. The SMILES string of the molecule is O=c1c2ccc(C#Cc3ccccn3)cc2nc2n1CCN1CCC2C1. The minimum atomic E-state index is 0.0722. The van der Waals surface area contributed by atoms with Gasteiger partial charge in [-0.3, -0.25) is 9.36 Å². The number of benzene rings is 1. The third kappa shape index (κ3) is 2.59. The van der Waals surface area contributed by atoms with Crippen LogP contribution in [0, 0.1) is 11.8 Å². The van der Waals surface area contributed by atoms with Crippen LogP contribution in [0.5, 0.6) is 0 Å². The van der Waals surface area contributed by atoms with Crippen LogP contribution in [0.3, 0.4) is 0 Å². The van der Waals surface area contributed by atoms with E-state index in [0.717, 1.165) is 55.2 Å². The number of hydrogen-bond donors (Lipinski definition) is 0. The number of pyridine rings is 1. The first-order valence-electron chi connectivity index (χ1n) is 8.98. The summed E-state index contributed by atoms with van der Waals surface area (Å²) in [7, 11) is 0. The molecule has 5 rings (SSSR count). The molecule has 1 saturated heterocycles. The summed E-state index contributed by atoms with van der Waals surface area (Å²) in [5.74, 6) is 7.49. The number of aromatic nitrogens is 3. The fourth-order valence-electron chi connectivity index (χ4n) is 3.90. The normalized spacial score (nSPS) is 20.9. The van der Waals surface area contributed by atoms with Crippen molar-refractivity contribution in [2.75, 3.05) is 19.6 Å². The molecule has 0 amide bonds. The van der Waals surface area contributed by atoms with Crippen molar-refractivity contribution in [1.82, 2.24) is 19.4 Å². The summed E-state index contributed by atoms with van der Waals surface area (Å²) < 4.78 is 1.88. The maximum Gasteiger partial charge on any atom is 0.261 e. The molecule has 2 bridgehead atoms. The molecule has 5 heteroatoms. The van der Waals surface area contributed by atoms with Gasteiger partial charge < -0.3 is 4.90 Å². The molecule has 2 atom stereocenters. The van der Waals surface area contributed by atoms with Gasteiger partial charge >= 0.3 is 0 Å². The predicted molar refractivity (Wildman–Crippen MR) is 100 cm³/mol. The fraction of sp³-hybridized carbons (Fsp3) is 0.286. The summed E-state index contributed by atoms with van der Waals surface area (Å²) in [6.07, 6.45) is 2.81. The van der Waals surface area contributed by atoms with E-state index in [-0.39, 0.29) is 5.56 Å². The molecular weight excluding hydrogens is 324 g/mol. The summed E-state index contributed by atoms with van der Waals surface area (Å²) >= 11 is 0. The summed E-state index contributed by atoms with van der Waals surface area (Å²) in [4.78, 5) is 24.5. The van der Waals surface area contributed by atoms with E-state index in [2.05, 4.69) is 21.7 Å². The molecule has 2 aromatic heterocycles. The van der Waals surface area contributed by atoms with Crippen LogP contribution in [-0.4, -0.2) is 39.1 Å². The minimum absolute atomic E-state index is 0.0722. The average Bonchev–Trinajstić information content (AvgIpc) is 3.06. The Bertz CT molecular complexity index is 1110. The van der Waals surface area contributed by atoms with Gasteiger partial charge in [-0.2, -0.15) is 0 Å². The molecular formula is C21H18N4O. The molecule has 0 aliphatic carbocycles. The van der Waals surface area contributed by atoms with Gasteiger partial charge in [0.05, 0.1) is 10.9 Å². The molecule has 0 saturated carbocycles. The van der Waals surface area contributed by atoms with Gasteiger partial charge in [0.2, 0.25) is 0 Å². The number of hydrogen-bond acceptors (Lipinski definition) is 4. The molecule has 128 valence electrons. The first-order chi connectivity index (χ1) is 12.8. The zero-order chi connectivity index (χ0) is 17.5. The molecule has 0 N–H and O–H groups in total. The Balaban J connectivity index is 1.61. The van der Waals surface area contributed by atoms with Gasteiger partial charge in [-0.15, -0.1) is 0 Å². The van der Waals surface area contributed by atoms with Gasteiger partial charge in [0.15, 0.2) is 0 Å². The molecule has 0 spiro atoms. The minimum Gasteiger partial charge on any atom is -0.301 e. The maximum absolute atomic E-state index is 13.0. The van der Waals surface area contributed by atoms with Gasteiger partial charge in [0.25, 0.3) is 5.56 Å². The topological polar surface area (TPSA) is 51.0 Å². The molecule has 1 fully saturated rings. The highest BCUT2D eigenvalue weighted by molar-refractivity contribution is 5.79. The first kappa shape index (κ1) is 15.3. The van der Waals surface area contributed by atoms with Gasteiger partial charge in [-0.1, -0.05) is 12.0 Å². The van der Waals surface area contributed by atoms with Crippen LogP contribution < -0.4 is 5.56 Å². The standard InChI is InChI=1S/C21H18N4O/c26-21-18-7-5-15(4-6-17-3-1-2-9-22-17)13-19(18)23-20-16-8-10-24(14-16)11-12-25(20)21/h1-3,5,7,9,13,16H,8,10-12,14H2. The van der Waals surface area contributed by atoms with Crippen LogP contribution in [-0.2, 0) is 6.54 Å². The first-order valence-corrected chi connectivity index (χ1v) is 8.98. The molecule has 2 unspecified atom stereocenters. The van der Waals surface area contributed by atoms with E-state index in [1.54, 1.807) is 6.20 Å². The third-order valence-corrected chi connectivity index (χ3v) is 5.26. The van der Waals surface area contributed by atoms with Crippen molar-refractivity contribution in [1.29, 1.82) is 0 Å². The Labute approximate surface area is 151 Å². The smallest absolute Gasteiger partial charge is 0.261 e. The number of fused-ring (bicyclic) bond motifs is 5. The Morgan fingerprint density at radius 1 is 1.08 bits per heavy atom. The van der Waals surface area contributed by atoms with E-state index in [4.69, 9.17) is 4.98 Å². The van der Waals surface area contributed by atoms with E-state index in [0.29, 0.717) is 11.3 Å². The van der Waals surface area contributed by atoms with Crippen molar-refractivity contribution in [3.05, 3.63) is 70.0 Å². The number of rotatable bonds is 0. The van der Waals surface area contributed by atoms with Crippen LogP contribution >= 0.6 is 0 Å². The molecule has 1 aromatic carbocycles. The van der Waals surface area contributed by atoms with Crippen molar-refractivity contribution in [2.45, 2.75) is 18.9 Å². The van der Waals surface area contributed by atoms with Gasteiger partial charge in [0, 0.05) is 37.3 Å². The average molecular weight is 342 g/mol. The van der Waals surface area contributed by atoms with Gasteiger partial charge in [-0.25, -0.2) is 9.97 Å². The molecule has 3 aromatic rings. The van der Waals surface area contributed by atoms with E-state index < -0.39 is 0 Å². The van der Waals surface area contributed by atoms with E-state index in [1.807, 2.05) is 41.0 Å². The lowest BCUT2D eigenvalue weighted by Gasteiger charge is -2.16. The van der Waals surface area contributed by atoms with E-state index in [1.165, 1.54) is 0 Å². The van der Waals surface area contributed by atoms with Crippen molar-refractivity contribution < 1.29 is 0 Å². The molecule has 4 heterocycles. The Kier molecular flexibility index (Phi) is 3.58. The quantitative estimate of drug-likeness (QED) is 0.587. The molecule has 5 nitrogen and oxygen atoms in total. The van der Waals surface area contributed by atoms with E-state index in [9.17, 15) is 4.79 Å². The lowest BCUT2D eigenvalue weighted by atomic mass is 10.1. The highest BCUT2D eigenvalue weighted by Crippen LogP contribution is 2.28. The van der Waals surface area contributed by atoms with E-state index >= 15 is 0 Å². The van der Waals surface area contributed by atoms with Crippen LogP contribution in [0.15, 0.2) is 47.4 Å². The Morgan fingerprint density at radius 3 is 2.92 bits per heavy atom. The van der Waals surface area contributed by atoms with Crippen molar-refractivity contribution in [3.8, 4) is 11.8 Å². The van der Waals surface area contributed by atoms with Gasteiger partial charge in [-0.05, 0) is 49.2 Å². The van der Waals surface area contributed by atoms with Crippen molar-refractivity contribution in [3.63, 3.8) is 0 Å². The Morgan fingerprint density at radius 2 is 2.04 bits per heavy atom. The monoisotopic (exact) mass is 342 g/mol. The third-order valence-electron chi connectivity index (χ3n) is 5.26. The highest BCUT2D eigenvalue weighted by atomic mass is 16.1. The van der Waals surface area contributed by atoms with Crippen molar-refractivity contribution in [2.24, 2.45) is 0 Å². The molecule has 0 radical (unpaired) electrons. The highest BCUT2D eigenvalue weighted by Gasteiger charge is 2.31. The fourth-order valence-corrected chi connectivity index (χ4v) is 3.90. The largest absolute Gasteiger partial charge is 0.301 e. The van der Waals surface area contributed by atoms with Crippen LogP contribution in [0.25, 0.3) is 10.9 Å². The van der Waals surface area contributed by atoms with Crippen LogP contribution in [0.1, 0.15) is 29.4 Å². The van der Waals surface area contributed by atoms with Crippen molar-refractivity contribution >= 4 is 10.9 Å². The molecule has 2 aliphatic rings. The zero-order valence-corrected chi connectivity index (χ0v) is 14.4. The second kappa shape index (κ2) is 6.08. The predicted octanol–water partition coefficient (Wildman–Crippen LogP) is 1.99. The second-order valence-corrected chi connectivity index (χ2v) is 6.91. The molecule has 2 aliphatic heterocycles. The maximum atomic E-state index is 13.0. The number of nitrogens with zero attached hydrogens (tertiary/aromatic N) is 4. The second-order valence-electron chi connectivity index (χ2n) is 6.91.